The summed E-state index contributed by atoms with van der Waals surface area (Å²) in [5.74, 6) is 0.552. The minimum absolute atomic E-state index is 0.157. The molecule has 4 rings (SSSR count). The first kappa shape index (κ1) is 14.4. The third-order valence-corrected chi connectivity index (χ3v) is 4.25. The second-order valence-corrected chi connectivity index (χ2v) is 5.69. The van der Waals surface area contributed by atoms with Gasteiger partial charge in [0.15, 0.2) is 0 Å². The summed E-state index contributed by atoms with van der Waals surface area (Å²) in [4.78, 5) is 35.4. The number of pyridine rings is 1. The predicted octanol–water partition coefficient (Wildman–Crippen LogP) is 0.609. The van der Waals surface area contributed by atoms with Gasteiger partial charge in [-0.3, -0.25) is 9.59 Å². The number of hydrogen-bond donors (Lipinski definition) is 2. The zero-order chi connectivity index (χ0) is 16.5. The van der Waals surface area contributed by atoms with Crippen molar-refractivity contribution in [2.75, 3.05) is 31.1 Å². The highest BCUT2D eigenvalue weighted by Crippen LogP contribution is 2.14. The lowest BCUT2D eigenvalue weighted by Crippen LogP contribution is -2.49. The van der Waals surface area contributed by atoms with Gasteiger partial charge in [-0.1, -0.05) is 18.2 Å². The van der Waals surface area contributed by atoms with Crippen LogP contribution in [0, 0.1) is 0 Å². The normalized spacial score (nSPS) is 15.0. The molecule has 24 heavy (non-hydrogen) atoms. The van der Waals surface area contributed by atoms with Crippen LogP contribution in [0.4, 0.5) is 5.95 Å². The van der Waals surface area contributed by atoms with E-state index in [1.165, 1.54) is 6.33 Å². The largest absolute Gasteiger partial charge is 0.338 e. The van der Waals surface area contributed by atoms with Crippen LogP contribution in [0.1, 0.15) is 10.5 Å². The molecule has 1 fully saturated rings. The van der Waals surface area contributed by atoms with Crippen LogP contribution in [-0.2, 0) is 0 Å². The Morgan fingerprint density at radius 1 is 1.12 bits per heavy atom. The van der Waals surface area contributed by atoms with Crippen LogP contribution in [0.2, 0.25) is 0 Å². The van der Waals surface area contributed by atoms with Crippen LogP contribution >= 0.6 is 0 Å². The quantitative estimate of drug-likeness (QED) is 0.720. The molecule has 1 aliphatic heterocycles. The monoisotopic (exact) mass is 324 g/mol. The van der Waals surface area contributed by atoms with Gasteiger partial charge in [-0.2, -0.15) is 10.1 Å². The fraction of sp³-hybridized carbons (Fsp3) is 0.250. The van der Waals surface area contributed by atoms with Gasteiger partial charge >= 0.3 is 0 Å². The van der Waals surface area contributed by atoms with E-state index in [4.69, 9.17) is 0 Å². The van der Waals surface area contributed by atoms with Crippen molar-refractivity contribution in [3.05, 3.63) is 52.7 Å². The molecule has 0 bridgehead atoms. The average Bonchev–Trinajstić information content (AvgIpc) is 3.16. The first-order chi connectivity index (χ1) is 11.7. The highest BCUT2D eigenvalue weighted by atomic mass is 16.2. The summed E-state index contributed by atoms with van der Waals surface area (Å²) in [5, 5.41) is 8.02. The van der Waals surface area contributed by atoms with E-state index in [2.05, 4.69) is 20.2 Å². The number of aromatic amines is 2. The number of hydrogen-bond acceptors (Lipinski definition) is 5. The van der Waals surface area contributed by atoms with Crippen LogP contribution in [0.25, 0.3) is 10.8 Å². The Hall–Kier alpha value is -3.16. The fourth-order valence-electron chi connectivity index (χ4n) is 2.97. The Kier molecular flexibility index (Phi) is 3.49. The molecule has 2 aromatic heterocycles. The van der Waals surface area contributed by atoms with E-state index in [1.807, 2.05) is 23.1 Å². The number of H-pyrrole nitrogens is 2. The number of carbonyl (C=O) groups is 1. The molecule has 2 N–H and O–H groups in total. The van der Waals surface area contributed by atoms with Crippen molar-refractivity contribution < 1.29 is 4.79 Å². The van der Waals surface area contributed by atoms with E-state index < -0.39 is 0 Å². The second kappa shape index (κ2) is 5.80. The molecule has 0 aliphatic carbocycles. The third-order valence-electron chi connectivity index (χ3n) is 4.25. The highest BCUT2D eigenvalue weighted by molar-refractivity contribution is 5.96. The molecule has 122 valence electrons. The second-order valence-electron chi connectivity index (χ2n) is 5.69. The molecule has 8 heteroatoms. The van der Waals surface area contributed by atoms with Gasteiger partial charge in [0.25, 0.3) is 11.5 Å². The summed E-state index contributed by atoms with van der Waals surface area (Å²) < 4.78 is 0. The Morgan fingerprint density at radius 2 is 1.92 bits per heavy atom. The maximum absolute atomic E-state index is 12.7. The van der Waals surface area contributed by atoms with Crippen LogP contribution in [-0.4, -0.2) is 57.2 Å². The molecule has 0 radical (unpaired) electrons. The van der Waals surface area contributed by atoms with Gasteiger partial charge in [0.2, 0.25) is 5.95 Å². The SMILES string of the molecule is O=C(c1cc2ccccc2c(=O)[nH]1)N1CCN(c2ncn[nH]2)CC1. The number of fused-ring (bicyclic) bond motifs is 1. The molecule has 1 amide bonds. The van der Waals surface area contributed by atoms with Gasteiger partial charge in [0.05, 0.1) is 0 Å². The molecule has 1 aliphatic rings. The minimum Gasteiger partial charge on any atom is -0.338 e. The molecule has 1 aromatic carbocycles. The Morgan fingerprint density at radius 3 is 2.67 bits per heavy atom. The van der Waals surface area contributed by atoms with Crippen LogP contribution in [0.5, 0.6) is 0 Å². The lowest BCUT2D eigenvalue weighted by Gasteiger charge is -2.34. The number of rotatable bonds is 2. The summed E-state index contributed by atoms with van der Waals surface area (Å²) >= 11 is 0. The van der Waals surface area contributed by atoms with Gasteiger partial charge in [-0.25, -0.2) is 5.10 Å². The molecule has 3 heterocycles. The summed E-state index contributed by atoms with van der Waals surface area (Å²) in [7, 11) is 0. The van der Waals surface area contributed by atoms with Gasteiger partial charge in [0.1, 0.15) is 12.0 Å². The maximum Gasteiger partial charge on any atom is 0.270 e. The highest BCUT2D eigenvalue weighted by Gasteiger charge is 2.24. The van der Waals surface area contributed by atoms with Crippen molar-refractivity contribution in [3.63, 3.8) is 0 Å². The Labute approximate surface area is 137 Å². The maximum atomic E-state index is 12.7. The lowest BCUT2D eigenvalue weighted by molar-refractivity contribution is 0.0740. The summed E-state index contributed by atoms with van der Waals surface area (Å²) in [6, 6.07) is 8.98. The molecule has 8 nitrogen and oxygen atoms in total. The summed E-state index contributed by atoms with van der Waals surface area (Å²) in [5.41, 5.74) is 0.0866. The topological polar surface area (TPSA) is 98.0 Å². The average molecular weight is 324 g/mol. The molecular weight excluding hydrogens is 308 g/mol. The smallest absolute Gasteiger partial charge is 0.270 e. The first-order valence-electron chi connectivity index (χ1n) is 7.74. The van der Waals surface area contributed by atoms with Gasteiger partial charge in [-0.15, -0.1) is 0 Å². The van der Waals surface area contributed by atoms with Crippen molar-refractivity contribution in [3.8, 4) is 0 Å². The van der Waals surface area contributed by atoms with Crippen molar-refractivity contribution in [2.45, 2.75) is 0 Å². The van der Waals surface area contributed by atoms with Crippen molar-refractivity contribution >= 4 is 22.6 Å². The number of benzene rings is 1. The van der Waals surface area contributed by atoms with Crippen molar-refractivity contribution in [1.82, 2.24) is 25.1 Å². The van der Waals surface area contributed by atoms with E-state index in [-0.39, 0.29) is 11.5 Å². The van der Waals surface area contributed by atoms with E-state index in [1.54, 1.807) is 17.0 Å². The number of nitrogens with zero attached hydrogens (tertiary/aromatic N) is 4. The third kappa shape index (κ3) is 2.51. The van der Waals surface area contributed by atoms with E-state index in [0.717, 1.165) is 5.39 Å². The number of carbonyl (C=O) groups excluding carboxylic acids is 1. The van der Waals surface area contributed by atoms with Gasteiger partial charge < -0.3 is 14.8 Å². The molecule has 1 saturated heterocycles. The number of aromatic nitrogens is 4. The molecule has 0 spiro atoms. The summed E-state index contributed by atoms with van der Waals surface area (Å²) in [6.45, 7) is 2.46. The first-order valence-corrected chi connectivity index (χ1v) is 7.74. The zero-order valence-electron chi connectivity index (χ0n) is 12.9. The van der Waals surface area contributed by atoms with Gasteiger partial charge in [0, 0.05) is 31.6 Å². The molecular formula is C16H16N6O2. The lowest BCUT2D eigenvalue weighted by atomic mass is 10.1. The number of nitrogens with one attached hydrogen (secondary N) is 2. The number of amides is 1. The zero-order valence-corrected chi connectivity index (χ0v) is 12.9. The number of piperazine rings is 1. The van der Waals surface area contributed by atoms with E-state index in [0.29, 0.717) is 43.2 Å². The van der Waals surface area contributed by atoms with Crippen LogP contribution in [0.3, 0.4) is 0 Å². The van der Waals surface area contributed by atoms with E-state index >= 15 is 0 Å². The van der Waals surface area contributed by atoms with Crippen molar-refractivity contribution in [2.24, 2.45) is 0 Å². The molecule has 0 saturated carbocycles. The molecule has 0 unspecified atom stereocenters. The fourth-order valence-corrected chi connectivity index (χ4v) is 2.97. The van der Waals surface area contributed by atoms with Crippen LogP contribution < -0.4 is 10.5 Å². The molecule has 3 aromatic rings. The Balaban J connectivity index is 1.53. The van der Waals surface area contributed by atoms with Crippen LogP contribution in [0.15, 0.2) is 41.5 Å². The standard InChI is InChI=1S/C16H16N6O2/c23-14-12-4-2-1-3-11(12)9-13(19-14)15(24)21-5-7-22(8-6-21)16-17-10-18-20-16/h1-4,9-10H,5-8H2,(H,19,23)(H,17,18,20). The summed E-state index contributed by atoms with van der Waals surface area (Å²) in [6.07, 6.45) is 1.46. The predicted molar refractivity (Wildman–Crippen MR) is 89.1 cm³/mol. The Bertz CT molecular complexity index is 925. The van der Waals surface area contributed by atoms with E-state index in [9.17, 15) is 9.59 Å². The van der Waals surface area contributed by atoms with Gasteiger partial charge in [-0.05, 0) is 17.5 Å². The van der Waals surface area contributed by atoms with Crippen molar-refractivity contribution in [1.29, 1.82) is 0 Å². The number of anilines is 1. The minimum atomic E-state index is -0.239. The molecule has 0 atom stereocenters.